The molecule has 1 aromatic carbocycles. The summed E-state index contributed by atoms with van der Waals surface area (Å²) in [5.74, 6) is 0.174. The van der Waals surface area contributed by atoms with Gasteiger partial charge in [0.15, 0.2) is 5.96 Å². The van der Waals surface area contributed by atoms with Crippen molar-refractivity contribution in [3.05, 3.63) is 42.0 Å². The smallest absolute Gasteiger partial charge is 0.185 e. The Balaban J connectivity index is 1.87. The Kier molecular flexibility index (Phi) is 4.36. The number of aliphatic imine (C=N–C) groups is 1. The zero-order valence-corrected chi connectivity index (χ0v) is 10.5. The molecule has 4 nitrogen and oxygen atoms in total. The first kappa shape index (κ1) is 12.6. The first-order valence-electron chi connectivity index (χ1n) is 6.28. The Morgan fingerprint density at radius 2 is 2.00 bits per heavy atom. The number of nitrogens with zero attached hydrogens (tertiary/aromatic N) is 2. The molecule has 1 aliphatic rings. The van der Waals surface area contributed by atoms with Crippen LogP contribution in [0.3, 0.4) is 0 Å². The predicted molar refractivity (Wildman–Crippen MR) is 76.2 cm³/mol. The maximum absolute atomic E-state index is 5.30. The van der Waals surface area contributed by atoms with Crippen LogP contribution in [0.1, 0.15) is 12.0 Å². The number of nitrogens with two attached hydrogens (primary N) is 2. The molecule has 0 spiro atoms. The molecule has 1 aromatic rings. The maximum atomic E-state index is 5.30. The predicted octanol–water partition coefficient (Wildman–Crippen LogP) is 1.05. The van der Waals surface area contributed by atoms with Crippen LogP contribution in [-0.4, -0.2) is 37.0 Å². The van der Waals surface area contributed by atoms with Crippen LogP contribution >= 0.6 is 0 Å². The summed E-state index contributed by atoms with van der Waals surface area (Å²) in [6.45, 7) is 3.64. The summed E-state index contributed by atoms with van der Waals surface area (Å²) in [5.41, 5.74) is 13.4. The van der Waals surface area contributed by atoms with E-state index in [1.54, 1.807) is 0 Å². The van der Waals surface area contributed by atoms with Gasteiger partial charge < -0.3 is 11.5 Å². The van der Waals surface area contributed by atoms with E-state index < -0.39 is 0 Å². The van der Waals surface area contributed by atoms with Crippen molar-refractivity contribution in [3.8, 4) is 0 Å². The molecule has 0 saturated heterocycles. The van der Waals surface area contributed by atoms with Crippen molar-refractivity contribution in [1.29, 1.82) is 0 Å². The van der Waals surface area contributed by atoms with Gasteiger partial charge in [-0.25, -0.2) is 0 Å². The van der Waals surface area contributed by atoms with E-state index in [4.69, 9.17) is 11.5 Å². The monoisotopic (exact) mass is 244 g/mol. The van der Waals surface area contributed by atoms with Crippen LogP contribution in [0.15, 0.2) is 41.4 Å². The Labute approximate surface area is 108 Å². The van der Waals surface area contributed by atoms with Crippen LogP contribution in [0, 0.1) is 0 Å². The molecule has 4 N–H and O–H groups in total. The minimum absolute atomic E-state index is 0.174. The van der Waals surface area contributed by atoms with Crippen molar-refractivity contribution in [2.24, 2.45) is 16.5 Å². The summed E-state index contributed by atoms with van der Waals surface area (Å²) in [7, 11) is 0. The Morgan fingerprint density at radius 1 is 1.22 bits per heavy atom. The van der Waals surface area contributed by atoms with Gasteiger partial charge in [-0.3, -0.25) is 9.89 Å². The van der Waals surface area contributed by atoms with Crippen molar-refractivity contribution < 1.29 is 0 Å². The fourth-order valence-corrected chi connectivity index (χ4v) is 2.15. The Hall–Kier alpha value is -1.81. The van der Waals surface area contributed by atoms with Crippen LogP contribution in [0.25, 0.3) is 5.57 Å². The molecule has 0 aromatic heterocycles. The molecule has 18 heavy (non-hydrogen) atoms. The van der Waals surface area contributed by atoms with E-state index in [0.717, 1.165) is 26.1 Å². The van der Waals surface area contributed by atoms with Crippen molar-refractivity contribution in [2.45, 2.75) is 6.42 Å². The quantitative estimate of drug-likeness (QED) is 0.614. The van der Waals surface area contributed by atoms with Crippen molar-refractivity contribution in [1.82, 2.24) is 4.90 Å². The fraction of sp³-hybridized carbons (Fsp3) is 0.357. The summed E-state index contributed by atoms with van der Waals surface area (Å²) < 4.78 is 0. The van der Waals surface area contributed by atoms with Crippen LogP contribution in [-0.2, 0) is 0 Å². The standard InChI is InChI=1S/C14H20N4/c15-14(16)17-8-11-18-9-6-13(7-10-18)12-4-2-1-3-5-12/h1-6H,7-11H2,(H4,15,16,17). The molecule has 0 fully saturated rings. The van der Waals surface area contributed by atoms with Crippen LogP contribution < -0.4 is 11.5 Å². The lowest BCUT2D eigenvalue weighted by molar-refractivity contribution is 0.311. The third-order valence-electron chi connectivity index (χ3n) is 3.15. The third-order valence-corrected chi connectivity index (χ3v) is 3.15. The summed E-state index contributed by atoms with van der Waals surface area (Å²) in [4.78, 5) is 6.37. The van der Waals surface area contributed by atoms with Crippen LogP contribution in [0.5, 0.6) is 0 Å². The molecule has 0 amide bonds. The van der Waals surface area contributed by atoms with E-state index in [-0.39, 0.29) is 5.96 Å². The molecular weight excluding hydrogens is 224 g/mol. The summed E-state index contributed by atoms with van der Waals surface area (Å²) in [6, 6.07) is 10.6. The molecular formula is C14H20N4. The van der Waals surface area contributed by atoms with E-state index >= 15 is 0 Å². The number of hydrogen-bond acceptors (Lipinski definition) is 2. The summed E-state index contributed by atoms with van der Waals surface area (Å²) >= 11 is 0. The average molecular weight is 244 g/mol. The fourth-order valence-electron chi connectivity index (χ4n) is 2.15. The number of hydrogen-bond donors (Lipinski definition) is 2. The highest BCUT2D eigenvalue weighted by Crippen LogP contribution is 2.21. The van der Waals surface area contributed by atoms with Crippen molar-refractivity contribution in [2.75, 3.05) is 26.2 Å². The van der Waals surface area contributed by atoms with Gasteiger partial charge in [0.25, 0.3) is 0 Å². The Morgan fingerprint density at radius 3 is 2.61 bits per heavy atom. The second-order valence-corrected chi connectivity index (χ2v) is 4.45. The minimum Gasteiger partial charge on any atom is -0.370 e. The van der Waals surface area contributed by atoms with Crippen LogP contribution in [0.2, 0.25) is 0 Å². The zero-order valence-electron chi connectivity index (χ0n) is 10.5. The Bertz CT molecular complexity index is 432. The number of benzene rings is 1. The lowest BCUT2D eigenvalue weighted by Crippen LogP contribution is -2.32. The lowest BCUT2D eigenvalue weighted by atomic mass is 10.00. The molecule has 1 aliphatic heterocycles. The van der Waals surface area contributed by atoms with E-state index in [0.29, 0.717) is 6.54 Å². The van der Waals surface area contributed by atoms with Gasteiger partial charge >= 0.3 is 0 Å². The highest BCUT2D eigenvalue weighted by atomic mass is 15.1. The second-order valence-electron chi connectivity index (χ2n) is 4.45. The zero-order chi connectivity index (χ0) is 12.8. The maximum Gasteiger partial charge on any atom is 0.185 e. The molecule has 0 aliphatic carbocycles. The summed E-state index contributed by atoms with van der Waals surface area (Å²) in [6.07, 6.45) is 3.39. The van der Waals surface area contributed by atoms with E-state index in [1.807, 2.05) is 0 Å². The van der Waals surface area contributed by atoms with Gasteiger partial charge in [-0.1, -0.05) is 36.4 Å². The van der Waals surface area contributed by atoms with Gasteiger partial charge in [0.2, 0.25) is 0 Å². The largest absolute Gasteiger partial charge is 0.370 e. The SMILES string of the molecule is NC(N)=NCCN1CC=C(c2ccccc2)CC1. The van der Waals surface area contributed by atoms with E-state index in [2.05, 4.69) is 46.3 Å². The van der Waals surface area contributed by atoms with Gasteiger partial charge in [0.05, 0.1) is 6.54 Å². The first-order chi connectivity index (χ1) is 8.75. The van der Waals surface area contributed by atoms with E-state index in [1.165, 1.54) is 11.1 Å². The number of rotatable bonds is 4. The molecule has 0 radical (unpaired) electrons. The second kappa shape index (κ2) is 6.21. The topological polar surface area (TPSA) is 67.6 Å². The van der Waals surface area contributed by atoms with Gasteiger partial charge in [0, 0.05) is 19.6 Å². The number of guanidine groups is 1. The van der Waals surface area contributed by atoms with Gasteiger partial charge in [-0.15, -0.1) is 0 Å². The molecule has 0 bridgehead atoms. The van der Waals surface area contributed by atoms with E-state index in [9.17, 15) is 0 Å². The molecule has 96 valence electrons. The molecule has 4 heteroatoms. The molecule has 0 atom stereocenters. The van der Waals surface area contributed by atoms with Gasteiger partial charge in [-0.2, -0.15) is 0 Å². The summed E-state index contributed by atoms with van der Waals surface area (Å²) in [5, 5.41) is 0. The highest BCUT2D eigenvalue weighted by Gasteiger charge is 2.11. The molecule has 0 unspecified atom stereocenters. The molecule has 0 saturated carbocycles. The van der Waals surface area contributed by atoms with Crippen molar-refractivity contribution >= 4 is 11.5 Å². The average Bonchev–Trinajstić information content (AvgIpc) is 2.40. The minimum atomic E-state index is 0.174. The highest BCUT2D eigenvalue weighted by molar-refractivity contribution is 5.75. The lowest BCUT2D eigenvalue weighted by Gasteiger charge is -2.25. The van der Waals surface area contributed by atoms with Crippen molar-refractivity contribution in [3.63, 3.8) is 0 Å². The third kappa shape index (κ3) is 3.60. The molecule has 1 heterocycles. The van der Waals surface area contributed by atoms with Crippen LogP contribution in [0.4, 0.5) is 0 Å². The van der Waals surface area contributed by atoms with Gasteiger partial charge in [0.1, 0.15) is 0 Å². The molecule has 2 rings (SSSR count). The van der Waals surface area contributed by atoms with Gasteiger partial charge in [-0.05, 0) is 17.6 Å². The normalized spacial score (nSPS) is 16.1. The first-order valence-corrected chi connectivity index (χ1v) is 6.28.